The Balaban J connectivity index is 2.00. The second-order valence-electron chi connectivity index (χ2n) is 6.44. The predicted molar refractivity (Wildman–Crippen MR) is 96.0 cm³/mol. The Labute approximate surface area is 152 Å². The van der Waals surface area contributed by atoms with Crippen LogP contribution in [-0.2, 0) is 15.6 Å². The molecule has 1 N–H and O–H groups in total. The smallest absolute Gasteiger partial charge is 0.270 e. The maximum atomic E-state index is 13.1. The summed E-state index contributed by atoms with van der Waals surface area (Å²) in [4.78, 5) is 10.2. The van der Waals surface area contributed by atoms with Crippen LogP contribution in [0.4, 0.5) is 5.69 Å². The van der Waals surface area contributed by atoms with Crippen molar-refractivity contribution in [3.05, 3.63) is 70.3 Å². The van der Waals surface area contributed by atoms with E-state index in [0.29, 0.717) is 18.4 Å². The molecule has 0 radical (unpaired) electrons. The highest BCUT2D eigenvalue weighted by molar-refractivity contribution is 7.89. The first-order valence-electron chi connectivity index (χ1n) is 8.31. The fourth-order valence-electron chi connectivity index (χ4n) is 3.48. The lowest BCUT2D eigenvalue weighted by atomic mass is 9.81. The third-order valence-electron chi connectivity index (χ3n) is 4.97. The quantitative estimate of drug-likeness (QED) is 0.653. The first kappa shape index (κ1) is 18.5. The van der Waals surface area contributed by atoms with Crippen LogP contribution in [0, 0.1) is 10.1 Å². The Morgan fingerprint density at radius 2 is 1.88 bits per heavy atom. The van der Waals surface area contributed by atoms with E-state index in [-0.39, 0.29) is 17.1 Å². The predicted octanol–water partition coefficient (Wildman–Crippen LogP) is 2.66. The molecule has 1 fully saturated rings. The van der Waals surface area contributed by atoms with E-state index in [1.54, 1.807) is 31.2 Å². The molecule has 2 aromatic carbocycles. The summed E-state index contributed by atoms with van der Waals surface area (Å²) in [5, 5.41) is 22.2. The van der Waals surface area contributed by atoms with Crippen molar-refractivity contribution in [2.75, 3.05) is 6.54 Å². The van der Waals surface area contributed by atoms with Crippen LogP contribution >= 0.6 is 0 Å². The molecule has 7 nitrogen and oxygen atoms in total. The molecule has 2 atom stereocenters. The van der Waals surface area contributed by atoms with Crippen LogP contribution in [0.1, 0.15) is 25.3 Å². The van der Waals surface area contributed by atoms with Crippen LogP contribution in [0.2, 0.25) is 0 Å². The van der Waals surface area contributed by atoms with Crippen LogP contribution < -0.4 is 0 Å². The number of piperidine rings is 1. The third-order valence-corrected chi connectivity index (χ3v) is 6.93. The van der Waals surface area contributed by atoms with E-state index in [2.05, 4.69) is 0 Å². The van der Waals surface area contributed by atoms with Gasteiger partial charge < -0.3 is 5.11 Å². The van der Waals surface area contributed by atoms with Gasteiger partial charge in [-0.05, 0) is 31.4 Å². The van der Waals surface area contributed by atoms with Crippen molar-refractivity contribution < 1.29 is 18.4 Å². The van der Waals surface area contributed by atoms with Crippen LogP contribution in [0.25, 0.3) is 0 Å². The van der Waals surface area contributed by atoms with Crippen LogP contribution in [-0.4, -0.2) is 35.3 Å². The largest absolute Gasteiger partial charge is 0.383 e. The Kier molecular flexibility index (Phi) is 4.83. The summed E-state index contributed by atoms with van der Waals surface area (Å²) in [5.74, 6) is 0. The standard InChI is InChI=1S/C18H20N2O5S/c1-14-18(21,15-7-3-2-4-8-15)11-6-12-19(14)26(24,25)17-10-5-9-16(13-17)20(22)23/h2-5,7-10,13-14,21H,6,11-12H2,1H3/t14-,18+/m1/s1. The van der Waals surface area contributed by atoms with Crippen molar-refractivity contribution in [1.29, 1.82) is 0 Å². The van der Waals surface area contributed by atoms with Gasteiger partial charge in [0.2, 0.25) is 10.0 Å². The van der Waals surface area contributed by atoms with Gasteiger partial charge in [0.25, 0.3) is 5.69 Å². The van der Waals surface area contributed by atoms with Gasteiger partial charge in [-0.15, -0.1) is 0 Å². The highest BCUT2D eigenvalue weighted by Gasteiger charge is 2.46. The van der Waals surface area contributed by atoms with E-state index >= 15 is 0 Å². The van der Waals surface area contributed by atoms with Crippen molar-refractivity contribution in [1.82, 2.24) is 4.31 Å². The summed E-state index contributed by atoms with van der Waals surface area (Å²) in [6, 6.07) is 13.3. The van der Waals surface area contributed by atoms with Gasteiger partial charge in [0, 0.05) is 18.7 Å². The summed E-state index contributed by atoms with van der Waals surface area (Å²) >= 11 is 0. The normalized spacial score (nSPS) is 24.3. The minimum atomic E-state index is -3.98. The van der Waals surface area contributed by atoms with E-state index in [9.17, 15) is 23.6 Å². The molecule has 26 heavy (non-hydrogen) atoms. The number of nitro benzene ring substituents is 1. The molecular weight excluding hydrogens is 356 g/mol. The molecule has 1 saturated heterocycles. The van der Waals surface area contributed by atoms with Gasteiger partial charge in [-0.3, -0.25) is 10.1 Å². The van der Waals surface area contributed by atoms with Crippen LogP contribution in [0.15, 0.2) is 59.5 Å². The molecule has 8 heteroatoms. The highest BCUT2D eigenvalue weighted by Crippen LogP contribution is 2.39. The molecule has 1 aliphatic rings. The molecule has 0 bridgehead atoms. The first-order valence-corrected chi connectivity index (χ1v) is 9.75. The van der Waals surface area contributed by atoms with Gasteiger partial charge in [-0.1, -0.05) is 36.4 Å². The molecule has 1 aliphatic heterocycles. The van der Waals surface area contributed by atoms with E-state index in [0.717, 1.165) is 6.07 Å². The fourth-order valence-corrected chi connectivity index (χ4v) is 5.23. The Hall–Kier alpha value is -2.29. The lowest BCUT2D eigenvalue weighted by molar-refractivity contribution is -0.385. The van der Waals surface area contributed by atoms with Gasteiger partial charge in [0.05, 0.1) is 15.9 Å². The van der Waals surface area contributed by atoms with E-state index in [1.165, 1.54) is 22.5 Å². The monoisotopic (exact) mass is 376 g/mol. The summed E-state index contributed by atoms with van der Waals surface area (Å²) in [5.41, 5.74) is -0.937. The number of benzene rings is 2. The number of nitrogens with zero attached hydrogens (tertiary/aromatic N) is 2. The van der Waals surface area contributed by atoms with E-state index < -0.39 is 26.6 Å². The number of aliphatic hydroxyl groups is 1. The number of non-ortho nitro benzene ring substituents is 1. The molecule has 0 saturated carbocycles. The highest BCUT2D eigenvalue weighted by atomic mass is 32.2. The van der Waals surface area contributed by atoms with Gasteiger partial charge in [0.15, 0.2) is 0 Å². The van der Waals surface area contributed by atoms with Crippen molar-refractivity contribution >= 4 is 15.7 Å². The second-order valence-corrected chi connectivity index (χ2v) is 8.33. The molecule has 1 heterocycles. The lowest BCUT2D eigenvalue weighted by Gasteiger charge is -2.44. The summed E-state index contributed by atoms with van der Waals surface area (Å²) in [7, 11) is -3.98. The van der Waals surface area contributed by atoms with Crippen molar-refractivity contribution in [3.8, 4) is 0 Å². The van der Waals surface area contributed by atoms with Crippen molar-refractivity contribution in [2.45, 2.75) is 36.3 Å². The zero-order valence-electron chi connectivity index (χ0n) is 14.3. The first-order chi connectivity index (χ1) is 12.3. The van der Waals surface area contributed by atoms with E-state index in [4.69, 9.17) is 0 Å². The van der Waals surface area contributed by atoms with E-state index in [1.807, 2.05) is 6.07 Å². The lowest BCUT2D eigenvalue weighted by Crippen LogP contribution is -2.55. The van der Waals surface area contributed by atoms with Gasteiger partial charge in [-0.2, -0.15) is 4.31 Å². The summed E-state index contributed by atoms with van der Waals surface area (Å²) < 4.78 is 27.4. The molecule has 0 amide bonds. The zero-order valence-corrected chi connectivity index (χ0v) is 15.1. The molecule has 138 valence electrons. The minimum absolute atomic E-state index is 0.143. The SMILES string of the molecule is C[C@H]1N(S(=O)(=O)c2cccc([N+](=O)[O-])c2)CCC[C@@]1(O)c1ccccc1. The third kappa shape index (κ3) is 3.11. The molecule has 2 aromatic rings. The minimum Gasteiger partial charge on any atom is -0.383 e. The van der Waals surface area contributed by atoms with Crippen LogP contribution in [0.5, 0.6) is 0 Å². The molecule has 0 unspecified atom stereocenters. The Morgan fingerprint density at radius 1 is 1.19 bits per heavy atom. The Morgan fingerprint density at radius 3 is 2.54 bits per heavy atom. The summed E-state index contributed by atoms with van der Waals surface area (Å²) in [6.07, 6.45) is 0.934. The van der Waals surface area contributed by atoms with Gasteiger partial charge >= 0.3 is 0 Å². The van der Waals surface area contributed by atoms with Crippen molar-refractivity contribution in [3.63, 3.8) is 0 Å². The number of sulfonamides is 1. The van der Waals surface area contributed by atoms with Crippen LogP contribution in [0.3, 0.4) is 0 Å². The number of nitro groups is 1. The maximum Gasteiger partial charge on any atom is 0.270 e. The number of hydrogen-bond acceptors (Lipinski definition) is 5. The molecule has 0 aliphatic carbocycles. The summed E-state index contributed by atoms with van der Waals surface area (Å²) in [6.45, 7) is 1.92. The average Bonchev–Trinajstić information content (AvgIpc) is 2.64. The van der Waals surface area contributed by atoms with Crippen molar-refractivity contribution in [2.24, 2.45) is 0 Å². The molecule has 3 rings (SSSR count). The topological polar surface area (TPSA) is 101 Å². The average molecular weight is 376 g/mol. The van der Waals surface area contributed by atoms with Gasteiger partial charge in [-0.25, -0.2) is 8.42 Å². The number of rotatable bonds is 4. The second kappa shape index (κ2) is 6.79. The molecule has 0 spiro atoms. The number of hydrogen-bond donors (Lipinski definition) is 1. The Bertz CT molecular complexity index is 916. The molecule has 0 aromatic heterocycles. The molecular formula is C18H20N2O5S. The maximum absolute atomic E-state index is 13.1. The fraction of sp³-hybridized carbons (Fsp3) is 0.333. The van der Waals surface area contributed by atoms with Gasteiger partial charge in [0.1, 0.15) is 5.60 Å². The zero-order chi connectivity index (χ0) is 18.9.